The summed E-state index contributed by atoms with van der Waals surface area (Å²) in [5.74, 6) is 0.164. The Morgan fingerprint density at radius 2 is 1.90 bits per heavy atom. The molecule has 0 bridgehead atoms. The van der Waals surface area contributed by atoms with Crippen LogP contribution in [-0.2, 0) is 6.54 Å². The Hall–Kier alpha value is -1.55. The molecule has 0 amide bonds. The van der Waals surface area contributed by atoms with Crippen LogP contribution in [0.3, 0.4) is 0 Å². The second-order valence-corrected chi connectivity index (χ2v) is 6.05. The molecule has 1 aliphatic rings. The number of amidine groups is 1. The highest BCUT2D eigenvalue weighted by molar-refractivity contribution is 5.97. The molecule has 2 rings (SSSR count). The van der Waals surface area contributed by atoms with E-state index in [1.165, 1.54) is 56.1 Å². The zero-order chi connectivity index (χ0) is 15.1. The highest BCUT2D eigenvalue weighted by Crippen LogP contribution is 2.18. The molecular formula is C17H27N3O. The van der Waals surface area contributed by atoms with Crippen LogP contribution in [0.1, 0.15) is 61.6 Å². The van der Waals surface area contributed by atoms with Crippen molar-refractivity contribution in [2.45, 2.75) is 64.5 Å². The van der Waals surface area contributed by atoms with Crippen LogP contribution in [0.5, 0.6) is 0 Å². The summed E-state index contributed by atoms with van der Waals surface area (Å²) in [7, 11) is 0. The van der Waals surface area contributed by atoms with E-state index in [0.717, 1.165) is 12.1 Å². The molecule has 1 saturated carbocycles. The zero-order valence-electron chi connectivity index (χ0n) is 12.9. The molecule has 0 spiro atoms. The number of oxime groups is 1. The molecule has 21 heavy (non-hydrogen) atoms. The van der Waals surface area contributed by atoms with E-state index < -0.39 is 0 Å². The molecule has 4 nitrogen and oxygen atoms in total. The van der Waals surface area contributed by atoms with Gasteiger partial charge in [0.25, 0.3) is 0 Å². The third kappa shape index (κ3) is 4.74. The lowest BCUT2D eigenvalue weighted by Crippen LogP contribution is -2.29. The van der Waals surface area contributed by atoms with Crippen molar-refractivity contribution in [3.05, 3.63) is 34.9 Å². The predicted molar refractivity (Wildman–Crippen MR) is 86.6 cm³/mol. The van der Waals surface area contributed by atoms with Crippen LogP contribution < -0.4 is 11.1 Å². The van der Waals surface area contributed by atoms with Crippen LogP contribution in [0.4, 0.5) is 0 Å². The first-order valence-electron chi connectivity index (χ1n) is 8.01. The van der Waals surface area contributed by atoms with Crippen LogP contribution in [0.2, 0.25) is 0 Å². The number of hydrogen-bond donors (Lipinski definition) is 3. The minimum Gasteiger partial charge on any atom is -0.409 e. The number of nitrogens with one attached hydrogen (secondary N) is 1. The Bertz CT molecular complexity index is 477. The average Bonchev–Trinajstić information content (AvgIpc) is 2.46. The van der Waals surface area contributed by atoms with Crippen LogP contribution in [-0.4, -0.2) is 17.1 Å². The molecule has 0 heterocycles. The maximum Gasteiger partial charge on any atom is 0.170 e. The van der Waals surface area contributed by atoms with Crippen LogP contribution in [0.15, 0.2) is 23.4 Å². The largest absolute Gasteiger partial charge is 0.409 e. The second kappa shape index (κ2) is 8.03. The summed E-state index contributed by atoms with van der Waals surface area (Å²) in [6.45, 7) is 2.97. The van der Waals surface area contributed by atoms with Crippen LogP contribution in [0, 0.1) is 6.92 Å². The first kappa shape index (κ1) is 15.8. The normalized spacial score (nSPS) is 18.2. The molecule has 0 unspecified atom stereocenters. The van der Waals surface area contributed by atoms with Gasteiger partial charge in [0.15, 0.2) is 5.84 Å². The average molecular weight is 289 g/mol. The van der Waals surface area contributed by atoms with Crippen molar-refractivity contribution in [1.29, 1.82) is 0 Å². The van der Waals surface area contributed by atoms with E-state index in [0.29, 0.717) is 6.04 Å². The standard InChI is InChI=1S/C17H27N3O/c1-13-11-14(17(18)20-21)9-10-15(13)12-19-16-7-5-3-2-4-6-8-16/h9-11,16,19,21H,2-8,12H2,1H3,(H2,18,20). The molecule has 1 aromatic rings. The lowest BCUT2D eigenvalue weighted by atomic mass is 9.96. The Morgan fingerprint density at radius 1 is 1.24 bits per heavy atom. The molecular weight excluding hydrogens is 262 g/mol. The van der Waals surface area contributed by atoms with Gasteiger partial charge in [0.05, 0.1) is 0 Å². The number of nitrogens with two attached hydrogens (primary N) is 1. The predicted octanol–water partition coefficient (Wildman–Crippen LogP) is 3.29. The van der Waals surface area contributed by atoms with E-state index in [1.54, 1.807) is 0 Å². The van der Waals surface area contributed by atoms with E-state index in [2.05, 4.69) is 23.5 Å². The number of aryl methyl sites for hydroxylation is 1. The molecule has 0 atom stereocenters. The van der Waals surface area contributed by atoms with Crippen LogP contribution >= 0.6 is 0 Å². The molecule has 1 aromatic carbocycles. The van der Waals surface area contributed by atoms with Gasteiger partial charge in [-0.05, 0) is 37.0 Å². The number of benzene rings is 1. The molecule has 4 heteroatoms. The van der Waals surface area contributed by atoms with E-state index in [4.69, 9.17) is 10.9 Å². The summed E-state index contributed by atoms with van der Waals surface area (Å²) in [6.07, 6.45) is 9.44. The Morgan fingerprint density at radius 3 is 2.52 bits per heavy atom. The van der Waals surface area contributed by atoms with Crippen molar-refractivity contribution in [1.82, 2.24) is 5.32 Å². The molecule has 4 N–H and O–H groups in total. The minimum atomic E-state index is 0.164. The van der Waals surface area contributed by atoms with Crippen molar-refractivity contribution in [3.63, 3.8) is 0 Å². The van der Waals surface area contributed by atoms with Gasteiger partial charge in [-0.25, -0.2) is 0 Å². The Balaban J connectivity index is 1.93. The molecule has 0 aliphatic heterocycles. The fourth-order valence-electron chi connectivity index (χ4n) is 3.03. The van der Waals surface area contributed by atoms with Crippen molar-refractivity contribution in [3.8, 4) is 0 Å². The highest BCUT2D eigenvalue weighted by Gasteiger charge is 2.11. The van der Waals surface area contributed by atoms with Crippen LogP contribution in [0.25, 0.3) is 0 Å². The first-order chi connectivity index (χ1) is 10.2. The SMILES string of the molecule is Cc1cc(/C(N)=N/O)ccc1CNC1CCCCCCC1. The van der Waals surface area contributed by atoms with E-state index in [9.17, 15) is 0 Å². The van der Waals surface area contributed by atoms with E-state index in [1.807, 2.05) is 12.1 Å². The summed E-state index contributed by atoms with van der Waals surface area (Å²) in [5, 5.41) is 15.5. The Kier molecular flexibility index (Phi) is 6.05. The maximum atomic E-state index is 8.72. The van der Waals surface area contributed by atoms with Gasteiger partial charge in [-0.1, -0.05) is 49.4 Å². The fraction of sp³-hybridized carbons (Fsp3) is 0.588. The van der Waals surface area contributed by atoms with Gasteiger partial charge in [-0.2, -0.15) is 0 Å². The van der Waals surface area contributed by atoms with E-state index >= 15 is 0 Å². The summed E-state index contributed by atoms with van der Waals surface area (Å²) >= 11 is 0. The summed E-state index contributed by atoms with van der Waals surface area (Å²) in [6, 6.07) is 6.61. The first-order valence-corrected chi connectivity index (χ1v) is 8.01. The number of nitrogens with zero attached hydrogens (tertiary/aromatic N) is 1. The molecule has 1 aliphatic carbocycles. The molecule has 0 aromatic heterocycles. The minimum absolute atomic E-state index is 0.164. The lowest BCUT2D eigenvalue weighted by Gasteiger charge is -2.21. The monoisotopic (exact) mass is 289 g/mol. The molecule has 0 saturated heterocycles. The van der Waals surface area contributed by atoms with Crippen molar-refractivity contribution in [2.24, 2.45) is 10.9 Å². The molecule has 116 valence electrons. The molecule has 0 radical (unpaired) electrons. The number of rotatable bonds is 4. The summed E-state index contributed by atoms with van der Waals surface area (Å²) < 4.78 is 0. The van der Waals surface area contributed by atoms with E-state index in [-0.39, 0.29) is 5.84 Å². The quantitative estimate of drug-likeness (QED) is 0.345. The summed E-state index contributed by atoms with van der Waals surface area (Å²) in [5.41, 5.74) is 8.85. The topological polar surface area (TPSA) is 70.6 Å². The van der Waals surface area contributed by atoms with Gasteiger partial charge in [-0.3, -0.25) is 0 Å². The van der Waals surface area contributed by atoms with Crippen molar-refractivity contribution in [2.75, 3.05) is 0 Å². The third-order valence-corrected chi connectivity index (χ3v) is 4.43. The van der Waals surface area contributed by atoms with Gasteiger partial charge < -0.3 is 16.3 Å². The smallest absolute Gasteiger partial charge is 0.170 e. The molecule has 1 fully saturated rings. The third-order valence-electron chi connectivity index (χ3n) is 4.43. The second-order valence-electron chi connectivity index (χ2n) is 6.05. The van der Waals surface area contributed by atoms with Gasteiger partial charge in [0.2, 0.25) is 0 Å². The fourth-order valence-corrected chi connectivity index (χ4v) is 3.03. The number of hydrogen-bond acceptors (Lipinski definition) is 3. The van der Waals surface area contributed by atoms with Gasteiger partial charge in [0.1, 0.15) is 0 Å². The lowest BCUT2D eigenvalue weighted by molar-refractivity contribution is 0.318. The maximum absolute atomic E-state index is 8.72. The Labute approximate surface area is 127 Å². The van der Waals surface area contributed by atoms with Gasteiger partial charge in [-0.15, -0.1) is 0 Å². The highest BCUT2D eigenvalue weighted by atomic mass is 16.4. The van der Waals surface area contributed by atoms with Gasteiger partial charge >= 0.3 is 0 Å². The zero-order valence-corrected chi connectivity index (χ0v) is 12.9. The van der Waals surface area contributed by atoms with Gasteiger partial charge in [0, 0.05) is 18.2 Å². The van der Waals surface area contributed by atoms with Crippen molar-refractivity contribution < 1.29 is 5.21 Å². The summed E-state index contributed by atoms with van der Waals surface area (Å²) in [4.78, 5) is 0. The van der Waals surface area contributed by atoms with Crippen molar-refractivity contribution >= 4 is 5.84 Å².